The van der Waals surface area contributed by atoms with Crippen LogP contribution in [0.2, 0.25) is 0 Å². The lowest BCUT2D eigenvalue weighted by molar-refractivity contribution is 0.110. The third-order valence-corrected chi connectivity index (χ3v) is 7.69. The summed E-state index contributed by atoms with van der Waals surface area (Å²) in [5.41, 5.74) is 0.981. The van der Waals surface area contributed by atoms with Crippen molar-refractivity contribution in [1.82, 2.24) is 9.21 Å². The number of sulfonamides is 1. The van der Waals surface area contributed by atoms with Crippen LogP contribution in [0.5, 0.6) is 5.75 Å². The van der Waals surface area contributed by atoms with Crippen molar-refractivity contribution in [2.24, 2.45) is 0 Å². The Hall–Kier alpha value is -1.93. The Morgan fingerprint density at radius 3 is 2.55 bits per heavy atom. The molecule has 0 unspecified atom stereocenters. The Morgan fingerprint density at radius 1 is 1.03 bits per heavy atom. The first-order valence-electron chi connectivity index (χ1n) is 10.1. The molecule has 0 aromatic heterocycles. The Morgan fingerprint density at radius 2 is 1.76 bits per heavy atom. The van der Waals surface area contributed by atoms with E-state index >= 15 is 0 Å². The second-order valence-corrected chi connectivity index (χ2v) is 9.48. The molecule has 2 aliphatic heterocycles. The van der Waals surface area contributed by atoms with Crippen LogP contribution in [-0.2, 0) is 21.3 Å². The first-order chi connectivity index (χ1) is 14.1. The minimum absolute atomic E-state index is 0.176. The van der Waals surface area contributed by atoms with Crippen LogP contribution < -0.4 is 4.74 Å². The molecule has 1 fully saturated rings. The summed E-state index contributed by atoms with van der Waals surface area (Å²) in [6.07, 6.45) is 1.34. The molecular formula is C22H28N2O4S. The minimum Gasteiger partial charge on any atom is -0.487 e. The SMILES string of the molecule is COCCN1CC[C@@H]2[C@@H](CC1)Oc1ccccc1S(=O)(=O)N2Cc1ccccc1. The summed E-state index contributed by atoms with van der Waals surface area (Å²) in [5.74, 6) is 0.461. The summed E-state index contributed by atoms with van der Waals surface area (Å²) < 4.78 is 40.5. The van der Waals surface area contributed by atoms with Crippen molar-refractivity contribution < 1.29 is 17.9 Å². The molecule has 0 radical (unpaired) electrons. The second kappa shape index (κ2) is 8.83. The van der Waals surface area contributed by atoms with Crippen molar-refractivity contribution in [2.45, 2.75) is 36.4 Å². The number of hydrogen-bond donors (Lipinski definition) is 0. The van der Waals surface area contributed by atoms with Gasteiger partial charge in [-0.15, -0.1) is 0 Å². The summed E-state index contributed by atoms with van der Waals surface area (Å²) in [5, 5.41) is 0. The zero-order valence-electron chi connectivity index (χ0n) is 16.7. The van der Waals surface area contributed by atoms with Gasteiger partial charge >= 0.3 is 0 Å². The molecule has 156 valence electrons. The number of likely N-dealkylation sites (tertiary alicyclic amines) is 1. The van der Waals surface area contributed by atoms with E-state index in [4.69, 9.17) is 9.47 Å². The van der Waals surface area contributed by atoms with Crippen LogP contribution in [-0.4, -0.2) is 63.1 Å². The molecule has 0 saturated carbocycles. The second-order valence-electron chi connectivity index (χ2n) is 7.62. The Balaban J connectivity index is 1.70. The van der Waals surface area contributed by atoms with Gasteiger partial charge in [-0.1, -0.05) is 42.5 Å². The molecule has 0 N–H and O–H groups in total. The standard InChI is InChI=1S/C22H28N2O4S/c1-27-16-15-23-13-11-19-20(12-14-23)28-21-9-5-6-10-22(21)29(25,26)24(19)17-18-7-3-2-4-8-18/h2-10,19-20H,11-17H2,1H3/t19-,20-/m1/s1. The summed E-state index contributed by atoms with van der Waals surface area (Å²) in [4.78, 5) is 2.60. The van der Waals surface area contributed by atoms with Crippen LogP contribution >= 0.6 is 0 Å². The van der Waals surface area contributed by atoms with Gasteiger partial charge in [0.15, 0.2) is 0 Å². The number of methoxy groups -OCH3 is 1. The van der Waals surface area contributed by atoms with Gasteiger partial charge in [-0.25, -0.2) is 8.42 Å². The van der Waals surface area contributed by atoms with Crippen LogP contribution in [0.4, 0.5) is 0 Å². The minimum atomic E-state index is -3.67. The van der Waals surface area contributed by atoms with Crippen molar-refractivity contribution in [1.29, 1.82) is 0 Å². The van der Waals surface area contributed by atoms with Crippen LogP contribution in [0.1, 0.15) is 18.4 Å². The third kappa shape index (κ3) is 4.33. The van der Waals surface area contributed by atoms with Gasteiger partial charge in [0.1, 0.15) is 16.7 Å². The molecule has 2 atom stereocenters. The molecule has 1 saturated heterocycles. The lowest BCUT2D eigenvalue weighted by atomic mass is 10.1. The first-order valence-corrected chi connectivity index (χ1v) is 11.6. The summed E-state index contributed by atoms with van der Waals surface area (Å²) in [6.45, 7) is 3.56. The maximum absolute atomic E-state index is 13.7. The van der Waals surface area contributed by atoms with E-state index in [1.54, 1.807) is 29.6 Å². The molecule has 2 aromatic carbocycles. The molecule has 0 amide bonds. The molecular weight excluding hydrogens is 388 g/mol. The summed E-state index contributed by atoms with van der Waals surface area (Å²) >= 11 is 0. The highest BCUT2D eigenvalue weighted by Gasteiger charge is 2.43. The smallest absolute Gasteiger partial charge is 0.247 e. The molecule has 7 heteroatoms. The highest BCUT2D eigenvalue weighted by Crippen LogP contribution is 2.37. The highest BCUT2D eigenvalue weighted by atomic mass is 32.2. The first kappa shape index (κ1) is 20.3. The van der Waals surface area contributed by atoms with E-state index in [1.807, 2.05) is 36.4 Å². The topological polar surface area (TPSA) is 59.1 Å². The van der Waals surface area contributed by atoms with Crippen molar-refractivity contribution in [3.63, 3.8) is 0 Å². The Labute approximate surface area is 173 Å². The van der Waals surface area contributed by atoms with Crippen molar-refractivity contribution in [2.75, 3.05) is 33.4 Å². The monoisotopic (exact) mass is 416 g/mol. The maximum Gasteiger partial charge on any atom is 0.247 e. The number of para-hydroxylation sites is 1. The van der Waals surface area contributed by atoms with E-state index in [0.29, 0.717) is 18.9 Å². The molecule has 6 nitrogen and oxygen atoms in total. The van der Waals surface area contributed by atoms with Gasteiger partial charge in [0.2, 0.25) is 10.0 Å². The predicted octanol–water partition coefficient (Wildman–Crippen LogP) is 2.75. The maximum atomic E-state index is 13.7. The zero-order valence-corrected chi connectivity index (χ0v) is 17.6. The Kier molecular flexibility index (Phi) is 6.20. The molecule has 2 heterocycles. The number of nitrogens with zero attached hydrogens (tertiary/aromatic N) is 2. The highest BCUT2D eigenvalue weighted by molar-refractivity contribution is 7.89. The largest absolute Gasteiger partial charge is 0.487 e. The molecule has 4 rings (SSSR count). The van der Waals surface area contributed by atoms with E-state index in [2.05, 4.69) is 4.90 Å². The van der Waals surface area contributed by atoms with Gasteiger partial charge in [0, 0.05) is 26.7 Å². The van der Waals surface area contributed by atoms with E-state index in [9.17, 15) is 8.42 Å². The number of ether oxygens (including phenoxy) is 2. The van der Waals surface area contributed by atoms with Crippen molar-refractivity contribution in [3.05, 3.63) is 60.2 Å². The van der Waals surface area contributed by atoms with Crippen LogP contribution in [0, 0.1) is 0 Å². The lowest BCUT2D eigenvalue weighted by Gasteiger charge is -2.32. The lowest BCUT2D eigenvalue weighted by Crippen LogP contribution is -2.46. The van der Waals surface area contributed by atoms with E-state index < -0.39 is 10.0 Å². The van der Waals surface area contributed by atoms with Gasteiger partial charge < -0.3 is 14.4 Å². The van der Waals surface area contributed by atoms with Crippen molar-refractivity contribution >= 4 is 10.0 Å². The van der Waals surface area contributed by atoms with Crippen LogP contribution in [0.25, 0.3) is 0 Å². The van der Waals surface area contributed by atoms with Gasteiger partial charge in [0.05, 0.1) is 12.6 Å². The fourth-order valence-corrected chi connectivity index (χ4v) is 6.01. The molecule has 2 aromatic rings. The third-order valence-electron chi connectivity index (χ3n) is 5.78. The van der Waals surface area contributed by atoms with E-state index in [-0.39, 0.29) is 17.0 Å². The van der Waals surface area contributed by atoms with Gasteiger partial charge in [-0.2, -0.15) is 4.31 Å². The molecule has 0 aliphatic carbocycles. The van der Waals surface area contributed by atoms with Gasteiger partial charge in [-0.05, 0) is 37.1 Å². The van der Waals surface area contributed by atoms with Gasteiger partial charge in [0.25, 0.3) is 0 Å². The summed E-state index contributed by atoms with van der Waals surface area (Å²) in [6, 6.07) is 16.6. The Bertz CT molecular complexity index is 919. The fourth-order valence-electron chi connectivity index (χ4n) is 4.22. The normalized spacial score (nSPS) is 24.6. The predicted molar refractivity (Wildman–Crippen MR) is 111 cm³/mol. The number of rotatable bonds is 5. The molecule has 0 spiro atoms. The summed E-state index contributed by atoms with van der Waals surface area (Å²) in [7, 11) is -1.97. The molecule has 29 heavy (non-hydrogen) atoms. The average Bonchev–Trinajstić information content (AvgIpc) is 2.97. The van der Waals surface area contributed by atoms with Crippen LogP contribution in [0.15, 0.2) is 59.5 Å². The van der Waals surface area contributed by atoms with Crippen LogP contribution in [0.3, 0.4) is 0 Å². The quantitative estimate of drug-likeness (QED) is 0.750. The van der Waals surface area contributed by atoms with E-state index in [0.717, 1.165) is 38.0 Å². The molecule has 2 aliphatic rings. The number of fused-ring (bicyclic) bond motifs is 2. The molecule has 0 bridgehead atoms. The number of hydrogen-bond acceptors (Lipinski definition) is 5. The van der Waals surface area contributed by atoms with Crippen molar-refractivity contribution in [3.8, 4) is 5.75 Å². The number of benzene rings is 2. The van der Waals surface area contributed by atoms with Gasteiger partial charge in [-0.3, -0.25) is 0 Å². The zero-order chi connectivity index (χ0) is 20.3. The fraction of sp³-hybridized carbons (Fsp3) is 0.455. The van der Waals surface area contributed by atoms with E-state index in [1.165, 1.54) is 0 Å². The average molecular weight is 417 g/mol.